The fourth-order valence-corrected chi connectivity index (χ4v) is 3.12. The third-order valence-electron chi connectivity index (χ3n) is 2.27. The van der Waals surface area contributed by atoms with Gasteiger partial charge in [0.25, 0.3) is 0 Å². The topological polar surface area (TPSA) is 130 Å². The number of carbonyl (C=O) groups excluding carboxylic acids is 1. The Kier molecular flexibility index (Phi) is 9.20. The van der Waals surface area contributed by atoms with Gasteiger partial charge in [0.2, 0.25) is 0 Å². The minimum atomic E-state index is -1.17. The molecule has 2 atom stereocenters. The summed E-state index contributed by atoms with van der Waals surface area (Å²) in [5.74, 6) is -2.71. The van der Waals surface area contributed by atoms with Crippen LogP contribution < -0.4 is 11.1 Å². The van der Waals surface area contributed by atoms with Crippen molar-refractivity contribution in [3.8, 4) is 0 Å². The zero-order valence-electron chi connectivity index (χ0n) is 10.8. The number of carboxylic acid groups (broad SMARTS) is 2. The molecule has 7 nitrogen and oxygen atoms in total. The summed E-state index contributed by atoms with van der Waals surface area (Å²) in [5.41, 5.74) is 5.26. The third-order valence-corrected chi connectivity index (χ3v) is 4.92. The standard InChI is InChI=1S/C11H20N2O5Se/c1-2-5-19-6-8(11(17)18)13-9(14)4-3-7(12)10(15)16/h7-8H,2-6,12H2,1H3,(H,13,14)(H,15,16)(H,17,18)/t7-,8-/m0/s1. The number of carbonyl (C=O) groups is 3. The Morgan fingerprint density at radius 1 is 1.26 bits per heavy atom. The molecule has 0 rings (SSSR count). The SMILES string of the molecule is CCC[Se]C[C@H](NC(=O)CC[C@H](N)C(=O)O)C(=O)O. The summed E-state index contributed by atoms with van der Waals surface area (Å²) in [5, 5.41) is 21.3. The van der Waals surface area contributed by atoms with Gasteiger partial charge in [0.15, 0.2) is 0 Å². The Morgan fingerprint density at radius 3 is 2.37 bits per heavy atom. The number of nitrogens with one attached hydrogen (secondary N) is 1. The minimum absolute atomic E-state index is 0.00634. The van der Waals surface area contributed by atoms with Crippen LogP contribution in [-0.4, -0.2) is 55.1 Å². The summed E-state index contributed by atoms with van der Waals surface area (Å²) in [7, 11) is 0. The van der Waals surface area contributed by atoms with Crippen molar-refractivity contribution in [1.82, 2.24) is 5.32 Å². The van der Waals surface area contributed by atoms with Crippen LogP contribution in [0.3, 0.4) is 0 Å². The van der Waals surface area contributed by atoms with Gasteiger partial charge in [-0.1, -0.05) is 0 Å². The predicted molar refractivity (Wildman–Crippen MR) is 70.1 cm³/mol. The van der Waals surface area contributed by atoms with E-state index in [9.17, 15) is 14.4 Å². The molecule has 0 aliphatic heterocycles. The van der Waals surface area contributed by atoms with Crippen LogP contribution >= 0.6 is 0 Å². The van der Waals surface area contributed by atoms with E-state index in [-0.39, 0.29) is 27.8 Å². The van der Waals surface area contributed by atoms with Gasteiger partial charge in [0, 0.05) is 0 Å². The van der Waals surface area contributed by atoms with Crippen molar-refractivity contribution in [1.29, 1.82) is 0 Å². The van der Waals surface area contributed by atoms with E-state index in [0.717, 1.165) is 11.7 Å². The molecule has 19 heavy (non-hydrogen) atoms. The Balaban J connectivity index is 4.09. The van der Waals surface area contributed by atoms with Gasteiger partial charge < -0.3 is 0 Å². The first-order valence-corrected chi connectivity index (χ1v) is 8.39. The van der Waals surface area contributed by atoms with Crippen molar-refractivity contribution in [3.63, 3.8) is 0 Å². The van der Waals surface area contributed by atoms with E-state index < -0.39 is 29.9 Å². The molecule has 1 amide bonds. The van der Waals surface area contributed by atoms with Gasteiger partial charge in [-0.05, 0) is 0 Å². The molecule has 0 bridgehead atoms. The summed E-state index contributed by atoms with van der Waals surface area (Å²) in [4.78, 5) is 32.9. The number of amides is 1. The van der Waals surface area contributed by atoms with Gasteiger partial charge in [-0.25, -0.2) is 0 Å². The summed E-state index contributed by atoms with van der Waals surface area (Å²) in [6.07, 6.45) is 0.902. The van der Waals surface area contributed by atoms with Crippen LogP contribution in [0.4, 0.5) is 0 Å². The van der Waals surface area contributed by atoms with Crippen LogP contribution in [0.15, 0.2) is 0 Å². The van der Waals surface area contributed by atoms with E-state index in [0.29, 0.717) is 5.32 Å². The molecule has 0 aliphatic rings. The average Bonchev–Trinajstić information content (AvgIpc) is 2.34. The maximum absolute atomic E-state index is 11.5. The van der Waals surface area contributed by atoms with E-state index in [4.69, 9.17) is 15.9 Å². The summed E-state index contributed by atoms with van der Waals surface area (Å²) < 4.78 is 0. The molecule has 0 aromatic rings. The van der Waals surface area contributed by atoms with Gasteiger partial charge in [-0.15, -0.1) is 0 Å². The molecule has 0 spiro atoms. The number of hydrogen-bond donors (Lipinski definition) is 4. The Hall–Kier alpha value is -1.11. The van der Waals surface area contributed by atoms with Crippen molar-refractivity contribution in [2.75, 3.05) is 0 Å². The zero-order chi connectivity index (χ0) is 14.8. The van der Waals surface area contributed by atoms with E-state index >= 15 is 0 Å². The first-order chi connectivity index (χ1) is 8.88. The number of carboxylic acids is 2. The molecular weight excluding hydrogens is 319 g/mol. The van der Waals surface area contributed by atoms with Gasteiger partial charge >= 0.3 is 117 Å². The summed E-state index contributed by atoms with van der Waals surface area (Å²) in [6, 6.07) is -1.99. The van der Waals surface area contributed by atoms with E-state index in [1.54, 1.807) is 0 Å². The van der Waals surface area contributed by atoms with Gasteiger partial charge in [0.05, 0.1) is 0 Å². The van der Waals surface area contributed by atoms with Gasteiger partial charge in [-0.2, -0.15) is 0 Å². The van der Waals surface area contributed by atoms with Crippen molar-refractivity contribution >= 4 is 32.8 Å². The monoisotopic (exact) mass is 340 g/mol. The maximum atomic E-state index is 11.5. The second-order valence-electron chi connectivity index (χ2n) is 4.02. The molecule has 0 aliphatic carbocycles. The van der Waals surface area contributed by atoms with Crippen LogP contribution in [0, 0.1) is 0 Å². The molecule has 110 valence electrons. The van der Waals surface area contributed by atoms with Crippen molar-refractivity contribution in [2.24, 2.45) is 5.73 Å². The quantitative estimate of drug-likeness (QED) is 0.319. The molecule has 5 N–H and O–H groups in total. The molecule has 0 aromatic carbocycles. The average molecular weight is 339 g/mol. The van der Waals surface area contributed by atoms with Crippen LogP contribution in [0.25, 0.3) is 0 Å². The summed E-state index contributed by atoms with van der Waals surface area (Å²) >= 11 is 0.183. The molecular formula is C11H20N2O5Se. The number of rotatable bonds is 10. The molecule has 0 aromatic heterocycles. The van der Waals surface area contributed by atoms with Crippen molar-refractivity contribution in [3.05, 3.63) is 0 Å². The van der Waals surface area contributed by atoms with Gasteiger partial charge in [-0.3, -0.25) is 0 Å². The van der Waals surface area contributed by atoms with E-state index in [1.165, 1.54) is 0 Å². The normalized spacial score (nSPS) is 13.6. The first-order valence-electron chi connectivity index (χ1n) is 5.96. The molecule has 0 unspecified atom stereocenters. The number of hydrogen-bond acceptors (Lipinski definition) is 4. The Morgan fingerprint density at radius 2 is 1.89 bits per heavy atom. The molecule has 0 saturated heterocycles. The van der Waals surface area contributed by atoms with Crippen LogP contribution in [0.1, 0.15) is 26.2 Å². The molecule has 8 heteroatoms. The molecule has 0 radical (unpaired) electrons. The van der Waals surface area contributed by atoms with Crippen molar-refractivity contribution < 1.29 is 24.6 Å². The second kappa shape index (κ2) is 9.77. The van der Waals surface area contributed by atoms with E-state index in [2.05, 4.69) is 5.32 Å². The van der Waals surface area contributed by atoms with E-state index in [1.807, 2.05) is 6.92 Å². The zero-order valence-corrected chi connectivity index (χ0v) is 12.5. The fraction of sp³-hybridized carbons (Fsp3) is 0.727. The predicted octanol–water partition coefficient (Wildman–Crippen LogP) is -0.301. The van der Waals surface area contributed by atoms with Crippen LogP contribution in [0.2, 0.25) is 10.6 Å². The van der Waals surface area contributed by atoms with Gasteiger partial charge in [0.1, 0.15) is 0 Å². The summed E-state index contributed by atoms with van der Waals surface area (Å²) in [6.45, 7) is 2.02. The first kappa shape index (κ1) is 17.9. The molecule has 0 saturated carbocycles. The fourth-order valence-electron chi connectivity index (χ4n) is 1.20. The third kappa shape index (κ3) is 8.58. The molecule has 0 fully saturated rings. The number of aliphatic carboxylic acids is 2. The Bertz CT molecular complexity index is 324. The van der Waals surface area contributed by atoms with Crippen LogP contribution in [-0.2, 0) is 14.4 Å². The number of nitrogens with two attached hydrogens (primary N) is 1. The Labute approximate surface area is 118 Å². The molecule has 0 heterocycles. The van der Waals surface area contributed by atoms with Crippen LogP contribution in [0.5, 0.6) is 0 Å². The van der Waals surface area contributed by atoms with Crippen molar-refractivity contribution in [2.45, 2.75) is 48.9 Å². The second-order valence-corrected chi connectivity index (χ2v) is 6.43.